The minimum absolute atomic E-state index is 0.00181. The molecule has 2 aromatic rings. The first-order valence-electron chi connectivity index (χ1n) is 8.73. The molecule has 2 rings (SSSR count). The van der Waals surface area contributed by atoms with Crippen LogP contribution < -0.4 is 10.0 Å². The Morgan fingerprint density at radius 1 is 1.14 bits per heavy atom. The standard InChI is InChI=1S/C19H24N2O6S/c1-4-19(2,3)21-17(22)13-27-18(23)14-7-9-16(10-8-14)28(24,25)20-12-15-6-5-11-26-15/h5-11,20H,4,12-13H2,1-3H3,(H,21,22). The van der Waals surface area contributed by atoms with Crippen molar-refractivity contribution in [3.63, 3.8) is 0 Å². The fourth-order valence-corrected chi connectivity index (χ4v) is 3.14. The third-order valence-corrected chi connectivity index (χ3v) is 5.53. The average molecular weight is 408 g/mol. The highest BCUT2D eigenvalue weighted by molar-refractivity contribution is 7.89. The zero-order chi connectivity index (χ0) is 20.8. The van der Waals surface area contributed by atoms with Gasteiger partial charge in [0.2, 0.25) is 10.0 Å². The van der Waals surface area contributed by atoms with Crippen LogP contribution in [0.15, 0.2) is 52.0 Å². The number of ether oxygens (including phenoxy) is 1. The monoisotopic (exact) mass is 408 g/mol. The lowest BCUT2D eigenvalue weighted by atomic mass is 10.0. The number of hydrogen-bond donors (Lipinski definition) is 2. The summed E-state index contributed by atoms with van der Waals surface area (Å²) in [7, 11) is -3.75. The molecular formula is C19H24N2O6S. The summed E-state index contributed by atoms with van der Waals surface area (Å²) in [5, 5.41) is 2.76. The number of furan rings is 1. The van der Waals surface area contributed by atoms with Crippen LogP contribution in [0, 0.1) is 0 Å². The van der Waals surface area contributed by atoms with Gasteiger partial charge in [-0.15, -0.1) is 0 Å². The first kappa shape index (κ1) is 21.6. The molecule has 1 aromatic heterocycles. The van der Waals surface area contributed by atoms with Gasteiger partial charge in [0, 0.05) is 5.54 Å². The van der Waals surface area contributed by atoms with Gasteiger partial charge in [0.05, 0.1) is 23.3 Å². The van der Waals surface area contributed by atoms with Gasteiger partial charge in [-0.05, 0) is 56.7 Å². The van der Waals surface area contributed by atoms with Crippen molar-refractivity contribution in [2.24, 2.45) is 0 Å². The molecule has 0 fully saturated rings. The summed E-state index contributed by atoms with van der Waals surface area (Å²) in [4.78, 5) is 23.9. The van der Waals surface area contributed by atoms with Gasteiger partial charge in [-0.1, -0.05) is 6.92 Å². The highest BCUT2D eigenvalue weighted by atomic mass is 32.2. The number of carbonyl (C=O) groups is 2. The molecular weight excluding hydrogens is 384 g/mol. The van der Waals surface area contributed by atoms with Crippen LogP contribution in [0.5, 0.6) is 0 Å². The van der Waals surface area contributed by atoms with E-state index < -0.39 is 28.5 Å². The lowest BCUT2D eigenvalue weighted by Gasteiger charge is -2.24. The van der Waals surface area contributed by atoms with Crippen LogP contribution in [0.3, 0.4) is 0 Å². The highest BCUT2D eigenvalue weighted by Gasteiger charge is 2.20. The number of amides is 1. The molecule has 0 bridgehead atoms. The van der Waals surface area contributed by atoms with Crippen LogP contribution in [0.2, 0.25) is 0 Å². The molecule has 0 radical (unpaired) electrons. The Labute approximate surface area is 164 Å². The van der Waals surface area contributed by atoms with Crippen molar-refractivity contribution in [2.75, 3.05) is 6.61 Å². The summed E-state index contributed by atoms with van der Waals surface area (Å²) in [6.45, 7) is 5.28. The summed E-state index contributed by atoms with van der Waals surface area (Å²) in [6.07, 6.45) is 2.18. The summed E-state index contributed by atoms with van der Waals surface area (Å²) < 4.78 is 37.0. The summed E-state index contributed by atoms with van der Waals surface area (Å²) in [5.74, 6) is -0.633. The van der Waals surface area contributed by atoms with E-state index in [1.165, 1.54) is 30.5 Å². The van der Waals surface area contributed by atoms with Crippen molar-refractivity contribution < 1.29 is 27.2 Å². The third-order valence-electron chi connectivity index (χ3n) is 4.11. The molecule has 1 aromatic carbocycles. The molecule has 0 saturated carbocycles. The average Bonchev–Trinajstić information content (AvgIpc) is 3.18. The highest BCUT2D eigenvalue weighted by Crippen LogP contribution is 2.13. The van der Waals surface area contributed by atoms with E-state index in [9.17, 15) is 18.0 Å². The molecule has 28 heavy (non-hydrogen) atoms. The molecule has 0 aliphatic heterocycles. The molecule has 9 heteroatoms. The van der Waals surface area contributed by atoms with Crippen molar-refractivity contribution >= 4 is 21.9 Å². The molecule has 2 N–H and O–H groups in total. The number of benzene rings is 1. The van der Waals surface area contributed by atoms with E-state index in [-0.39, 0.29) is 22.5 Å². The van der Waals surface area contributed by atoms with E-state index >= 15 is 0 Å². The predicted molar refractivity (Wildman–Crippen MR) is 102 cm³/mol. The van der Waals surface area contributed by atoms with E-state index in [1.807, 2.05) is 20.8 Å². The van der Waals surface area contributed by atoms with Crippen molar-refractivity contribution in [3.05, 3.63) is 54.0 Å². The molecule has 0 unspecified atom stereocenters. The summed E-state index contributed by atoms with van der Waals surface area (Å²) in [6, 6.07) is 8.56. The van der Waals surface area contributed by atoms with Crippen LogP contribution in [-0.4, -0.2) is 32.4 Å². The van der Waals surface area contributed by atoms with Crippen molar-refractivity contribution in [3.8, 4) is 0 Å². The molecule has 0 atom stereocenters. The molecule has 1 amide bonds. The molecule has 0 spiro atoms. The second kappa shape index (κ2) is 9.03. The molecule has 152 valence electrons. The zero-order valence-corrected chi connectivity index (χ0v) is 16.8. The SMILES string of the molecule is CCC(C)(C)NC(=O)COC(=O)c1ccc(S(=O)(=O)NCc2ccco2)cc1. The van der Waals surface area contributed by atoms with Gasteiger partial charge in [0.1, 0.15) is 5.76 Å². The van der Waals surface area contributed by atoms with Crippen LogP contribution in [0.1, 0.15) is 43.3 Å². The first-order chi connectivity index (χ1) is 13.1. The first-order valence-corrected chi connectivity index (χ1v) is 10.2. The Kier molecular flexibility index (Phi) is 6.98. The van der Waals surface area contributed by atoms with Crippen LogP contribution in [0.4, 0.5) is 0 Å². The quantitative estimate of drug-likeness (QED) is 0.615. The number of rotatable bonds is 9. The number of carbonyl (C=O) groups excluding carboxylic acids is 2. The Morgan fingerprint density at radius 2 is 1.82 bits per heavy atom. The van der Waals surface area contributed by atoms with Crippen molar-refractivity contribution in [2.45, 2.75) is 44.2 Å². The fourth-order valence-electron chi connectivity index (χ4n) is 2.15. The third kappa shape index (κ3) is 6.21. The molecule has 0 aliphatic carbocycles. The second-order valence-corrected chi connectivity index (χ2v) is 8.56. The maximum Gasteiger partial charge on any atom is 0.338 e. The summed E-state index contributed by atoms with van der Waals surface area (Å²) >= 11 is 0. The predicted octanol–water partition coefficient (Wildman–Crippen LogP) is 2.22. The largest absolute Gasteiger partial charge is 0.468 e. The zero-order valence-electron chi connectivity index (χ0n) is 16.0. The number of sulfonamides is 1. The maximum absolute atomic E-state index is 12.3. The lowest BCUT2D eigenvalue weighted by Crippen LogP contribution is -2.44. The van der Waals surface area contributed by atoms with Gasteiger partial charge in [-0.25, -0.2) is 17.9 Å². The van der Waals surface area contributed by atoms with Gasteiger partial charge >= 0.3 is 5.97 Å². The van der Waals surface area contributed by atoms with Gasteiger partial charge in [-0.2, -0.15) is 0 Å². The lowest BCUT2D eigenvalue weighted by molar-refractivity contribution is -0.125. The number of esters is 1. The van der Waals surface area contributed by atoms with Crippen LogP contribution >= 0.6 is 0 Å². The van der Waals surface area contributed by atoms with Gasteiger partial charge in [-0.3, -0.25) is 4.79 Å². The Morgan fingerprint density at radius 3 is 2.39 bits per heavy atom. The van der Waals surface area contributed by atoms with E-state index in [4.69, 9.17) is 9.15 Å². The fraction of sp³-hybridized carbons (Fsp3) is 0.368. The van der Waals surface area contributed by atoms with Crippen molar-refractivity contribution in [1.29, 1.82) is 0 Å². The van der Waals surface area contributed by atoms with E-state index in [0.717, 1.165) is 6.42 Å². The second-order valence-electron chi connectivity index (χ2n) is 6.79. The van der Waals surface area contributed by atoms with Gasteiger partial charge in [0.25, 0.3) is 5.91 Å². The van der Waals surface area contributed by atoms with Gasteiger partial charge in [0.15, 0.2) is 6.61 Å². The smallest absolute Gasteiger partial charge is 0.338 e. The minimum Gasteiger partial charge on any atom is -0.468 e. The molecule has 1 heterocycles. The normalized spacial score (nSPS) is 11.8. The molecule has 8 nitrogen and oxygen atoms in total. The van der Waals surface area contributed by atoms with E-state index in [1.54, 1.807) is 12.1 Å². The molecule has 0 aliphatic rings. The Balaban J connectivity index is 1.92. The van der Waals surface area contributed by atoms with Crippen molar-refractivity contribution in [1.82, 2.24) is 10.0 Å². The van der Waals surface area contributed by atoms with Crippen LogP contribution in [0.25, 0.3) is 0 Å². The topological polar surface area (TPSA) is 115 Å². The minimum atomic E-state index is -3.75. The van der Waals surface area contributed by atoms with Gasteiger partial charge < -0.3 is 14.5 Å². The molecule has 0 saturated heterocycles. The summed E-state index contributed by atoms with van der Waals surface area (Å²) in [5.41, 5.74) is -0.241. The Bertz CT molecular complexity index is 902. The maximum atomic E-state index is 12.3. The van der Waals surface area contributed by atoms with E-state index in [0.29, 0.717) is 5.76 Å². The number of hydrogen-bond acceptors (Lipinski definition) is 6. The van der Waals surface area contributed by atoms with E-state index in [2.05, 4.69) is 10.0 Å². The number of nitrogens with one attached hydrogen (secondary N) is 2. The van der Waals surface area contributed by atoms with Crippen LogP contribution in [-0.2, 0) is 26.1 Å². The Hall–Kier alpha value is -2.65.